The molecule has 0 saturated heterocycles. The molecule has 10 nitrogen and oxygen atoms in total. The topological polar surface area (TPSA) is 184 Å². The number of nitrogens with zero attached hydrogens (tertiary/aromatic N) is 1. The molecule has 0 aliphatic rings. The van der Waals surface area contributed by atoms with E-state index in [2.05, 4.69) is 6.58 Å². The molecule has 1 unspecified atom stereocenters. The SMILES string of the molecule is C=CC(C(=O)O)[N+](CC(=O)O)(CC(=O)O)CC(=O)O.N.[Na+].[Na+]. The number of carboxylic acids is 4. The summed E-state index contributed by atoms with van der Waals surface area (Å²) in [6, 6.07) is -1.65. The van der Waals surface area contributed by atoms with Crippen LogP contribution in [0.5, 0.6) is 0 Å². The molecule has 0 bridgehead atoms. The van der Waals surface area contributed by atoms with Crippen molar-refractivity contribution in [3.63, 3.8) is 0 Å². The van der Waals surface area contributed by atoms with Gasteiger partial charge in [0.1, 0.15) is 0 Å². The van der Waals surface area contributed by atoms with Crippen molar-refractivity contribution in [1.29, 1.82) is 0 Å². The summed E-state index contributed by atoms with van der Waals surface area (Å²) >= 11 is 0. The summed E-state index contributed by atoms with van der Waals surface area (Å²) in [5, 5.41) is 35.3. The van der Waals surface area contributed by atoms with Gasteiger partial charge in [-0.25, -0.2) is 19.2 Å². The number of carboxylic acid groups (broad SMARTS) is 4. The Hall–Kier alpha value is -0.460. The number of rotatable bonds is 9. The van der Waals surface area contributed by atoms with Crippen molar-refractivity contribution in [2.75, 3.05) is 19.6 Å². The minimum atomic E-state index is -1.65. The van der Waals surface area contributed by atoms with E-state index in [1.807, 2.05) is 0 Å². The van der Waals surface area contributed by atoms with Crippen LogP contribution in [0.3, 0.4) is 0 Å². The number of carbonyl (C=O) groups is 4. The van der Waals surface area contributed by atoms with Crippen molar-refractivity contribution in [3.05, 3.63) is 12.7 Å². The second kappa shape index (κ2) is 13.0. The molecular weight excluding hydrogens is 322 g/mol. The Morgan fingerprint density at radius 2 is 1.14 bits per heavy atom. The Morgan fingerprint density at radius 1 is 0.864 bits per heavy atom. The van der Waals surface area contributed by atoms with Gasteiger partial charge in [-0.05, 0) is 6.08 Å². The largest absolute Gasteiger partial charge is 1.00 e. The quantitative estimate of drug-likeness (QED) is 0.155. The van der Waals surface area contributed by atoms with E-state index < -0.39 is 54.0 Å². The van der Waals surface area contributed by atoms with Crippen LogP contribution >= 0.6 is 0 Å². The normalized spacial score (nSPS) is 10.7. The molecule has 0 amide bonds. The first-order valence-electron chi connectivity index (χ1n) is 5.01. The molecule has 0 aliphatic heterocycles. The van der Waals surface area contributed by atoms with E-state index in [9.17, 15) is 19.2 Å². The average molecular weight is 339 g/mol. The van der Waals surface area contributed by atoms with E-state index in [4.69, 9.17) is 20.4 Å². The van der Waals surface area contributed by atoms with E-state index in [-0.39, 0.29) is 65.3 Å². The molecule has 0 aliphatic carbocycles. The molecule has 0 spiro atoms. The predicted molar refractivity (Wildman–Crippen MR) is 64.4 cm³/mol. The standard InChI is InChI=1S/C10H13NO8.H3N.2Na/c1-2-6(10(18)19)11(3-7(12)13,4-8(14)15)5-9(16)17;;;/h2,6H,1,3-5H2,(H3-,12,13,14,15,16,17,18,19);1H3;;/q;;2*+1/p+1. The molecule has 0 aromatic rings. The third kappa shape index (κ3) is 9.54. The van der Waals surface area contributed by atoms with Gasteiger partial charge in [0.25, 0.3) is 0 Å². The molecule has 0 fully saturated rings. The van der Waals surface area contributed by atoms with Gasteiger partial charge in [-0.3, -0.25) is 4.48 Å². The van der Waals surface area contributed by atoms with Gasteiger partial charge in [0.05, 0.1) is 0 Å². The van der Waals surface area contributed by atoms with Crippen LogP contribution in [-0.2, 0) is 19.2 Å². The summed E-state index contributed by atoms with van der Waals surface area (Å²) in [4.78, 5) is 43.4. The van der Waals surface area contributed by atoms with Gasteiger partial charge in [-0.15, -0.1) is 0 Å². The van der Waals surface area contributed by atoms with Gasteiger partial charge in [-0.2, -0.15) is 0 Å². The Balaban J connectivity index is -0.000000540. The maximum absolute atomic E-state index is 11.1. The molecule has 114 valence electrons. The summed E-state index contributed by atoms with van der Waals surface area (Å²) in [6.45, 7) is 0.325. The third-order valence-electron chi connectivity index (χ3n) is 2.42. The van der Waals surface area contributed by atoms with Crippen LogP contribution in [0.25, 0.3) is 0 Å². The summed E-state index contributed by atoms with van der Waals surface area (Å²) in [5.74, 6) is -6.06. The maximum atomic E-state index is 11.1. The molecule has 1 atom stereocenters. The van der Waals surface area contributed by atoms with Crippen LogP contribution in [0.15, 0.2) is 12.7 Å². The number of hydrogen-bond donors (Lipinski definition) is 5. The summed E-state index contributed by atoms with van der Waals surface area (Å²) in [6.07, 6.45) is 0.831. The summed E-state index contributed by atoms with van der Waals surface area (Å²) in [5.41, 5.74) is 0. The van der Waals surface area contributed by atoms with Crippen molar-refractivity contribution in [1.82, 2.24) is 6.15 Å². The van der Waals surface area contributed by atoms with E-state index in [0.29, 0.717) is 0 Å². The minimum absolute atomic E-state index is 0. The fraction of sp³-hybridized carbons (Fsp3) is 0.400. The van der Waals surface area contributed by atoms with Crippen LogP contribution in [0, 0.1) is 0 Å². The van der Waals surface area contributed by atoms with Crippen LogP contribution in [0.2, 0.25) is 0 Å². The minimum Gasteiger partial charge on any atom is -0.477 e. The van der Waals surface area contributed by atoms with E-state index in [1.165, 1.54) is 0 Å². The van der Waals surface area contributed by atoms with Gasteiger partial charge in [0.2, 0.25) is 6.04 Å². The molecule has 12 heteroatoms. The van der Waals surface area contributed by atoms with Gasteiger partial charge in [0.15, 0.2) is 19.6 Å². The zero-order valence-electron chi connectivity index (χ0n) is 12.6. The van der Waals surface area contributed by atoms with E-state index in [1.54, 1.807) is 0 Å². The second-order valence-electron chi connectivity index (χ2n) is 3.89. The number of hydrogen-bond acceptors (Lipinski definition) is 5. The van der Waals surface area contributed by atoms with E-state index >= 15 is 0 Å². The Labute approximate surface area is 170 Å². The zero-order chi connectivity index (χ0) is 15.2. The molecule has 22 heavy (non-hydrogen) atoms. The van der Waals surface area contributed by atoms with E-state index in [0.717, 1.165) is 6.08 Å². The summed E-state index contributed by atoms with van der Waals surface area (Å²) < 4.78 is -1.18. The maximum Gasteiger partial charge on any atom is 1.00 e. The molecule has 0 aromatic heterocycles. The zero-order valence-corrected chi connectivity index (χ0v) is 16.6. The first-order chi connectivity index (χ1) is 8.64. The monoisotopic (exact) mass is 339 g/mol. The molecule has 0 saturated carbocycles. The van der Waals surface area contributed by atoms with Crippen molar-refractivity contribution in [2.24, 2.45) is 0 Å². The van der Waals surface area contributed by atoms with Gasteiger partial charge in [0, 0.05) is 0 Å². The Morgan fingerprint density at radius 3 is 1.27 bits per heavy atom. The Bertz CT molecular complexity index is 388. The van der Waals surface area contributed by atoms with Crippen molar-refractivity contribution in [3.8, 4) is 0 Å². The van der Waals surface area contributed by atoms with Crippen LogP contribution in [0.1, 0.15) is 0 Å². The smallest absolute Gasteiger partial charge is 0.477 e. The average Bonchev–Trinajstić information content (AvgIpc) is 2.12. The van der Waals surface area contributed by atoms with Gasteiger partial charge < -0.3 is 26.6 Å². The predicted octanol–water partition coefficient (Wildman–Crippen LogP) is -7.13. The van der Waals surface area contributed by atoms with Gasteiger partial charge >= 0.3 is 83.0 Å². The van der Waals surface area contributed by atoms with Crippen LogP contribution in [0.4, 0.5) is 0 Å². The van der Waals surface area contributed by atoms with Gasteiger partial charge in [-0.1, -0.05) is 6.58 Å². The fourth-order valence-electron chi connectivity index (χ4n) is 1.83. The first-order valence-corrected chi connectivity index (χ1v) is 5.01. The number of aliphatic carboxylic acids is 4. The molecular formula is C10H17N2Na2O8+3. The van der Waals surface area contributed by atoms with Crippen molar-refractivity contribution in [2.45, 2.75) is 6.04 Å². The van der Waals surface area contributed by atoms with Crippen molar-refractivity contribution < 1.29 is 103 Å². The molecule has 7 N–H and O–H groups in total. The molecule has 0 heterocycles. The van der Waals surface area contributed by atoms with Crippen LogP contribution < -0.4 is 65.3 Å². The molecule has 0 radical (unpaired) electrons. The first kappa shape index (κ1) is 29.5. The molecule has 0 rings (SSSR count). The molecule has 0 aromatic carbocycles. The number of quaternary nitrogens is 1. The summed E-state index contributed by atoms with van der Waals surface area (Å²) in [7, 11) is 0. The van der Waals surface area contributed by atoms with Crippen LogP contribution in [-0.4, -0.2) is 74.5 Å². The van der Waals surface area contributed by atoms with Crippen molar-refractivity contribution >= 4 is 23.9 Å². The fourth-order valence-corrected chi connectivity index (χ4v) is 1.83. The second-order valence-corrected chi connectivity index (χ2v) is 3.89. The Kier molecular flexibility index (Phi) is 17.5. The third-order valence-corrected chi connectivity index (χ3v) is 2.42.